The highest BCUT2D eigenvalue weighted by Gasteiger charge is 2.37. The van der Waals surface area contributed by atoms with Gasteiger partial charge in [-0.2, -0.15) is 0 Å². The number of carbonyl (C=O) groups excluding carboxylic acids is 1. The minimum Gasteiger partial charge on any atom is -0.480 e. The number of anilines is 1. The maximum atomic E-state index is 13.7. The standard InChI is InChI=1S/C25H33N5O2/c1-17(20-4-2-3-5-22(20)27)21(8-10-26)24(25(31)30-14-12-28-13-15-30)32-19-6-7-23-18(16-19)9-11-29-23/h2-7,9,11,16-17,21,24,28-29H,8,10,12-15,26-27H2,1H3. The van der Waals surface area contributed by atoms with Crippen molar-refractivity contribution < 1.29 is 9.53 Å². The first-order valence-electron chi connectivity index (χ1n) is 11.4. The molecule has 0 saturated carbocycles. The third-order valence-electron chi connectivity index (χ3n) is 6.48. The molecule has 170 valence electrons. The van der Waals surface area contributed by atoms with Gasteiger partial charge in [0.2, 0.25) is 0 Å². The van der Waals surface area contributed by atoms with Crippen molar-refractivity contribution in [3.63, 3.8) is 0 Å². The van der Waals surface area contributed by atoms with E-state index < -0.39 is 6.10 Å². The van der Waals surface area contributed by atoms with Gasteiger partial charge in [-0.15, -0.1) is 0 Å². The fourth-order valence-corrected chi connectivity index (χ4v) is 4.65. The lowest BCUT2D eigenvalue weighted by atomic mass is 9.80. The number of ether oxygens (including phenoxy) is 1. The summed E-state index contributed by atoms with van der Waals surface area (Å²) in [5, 5.41) is 4.36. The number of fused-ring (bicyclic) bond motifs is 1. The lowest BCUT2D eigenvalue weighted by Crippen LogP contribution is -2.53. The van der Waals surface area contributed by atoms with E-state index in [4.69, 9.17) is 16.2 Å². The predicted octanol–water partition coefficient (Wildman–Crippen LogP) is 2.70. The van der Waals surface area contributed by atoms with Crippen LogP contribution in [0.3, 0.4) is 0 Å². The number of nitrogens with two attached hydrogens (primary N) is 2. The molecule has 32 heavy (non-hydrogen) atoms. The number of hydrogen-bond donors (Lipinski definition) is 4. The number of benzene rings is 2. The molecule has 1 aromatic heterocycles. The number of piperazine rings is 1. The Labute approximate surface area is 189 Å². The number of amides is 1. The van der Waals surface area contributed by atoms with E-state index in [0.717, 1.165) is 35.2 Å². The molecular weight excluding hydrogens is 402 g/mol. The zero-order valence-corrected chi connectivity index (χ0v) is 18.6. The minimum absolute atomic E-state index is 0.00704. The Morgan fingerprint density at radius 1 is 1.16 bits per heavy atom. The molecule has 0 bridgehead atoms. The fraction of sp³-hybridized carbons (Fsp3) is 0.400. The first-order valence-corrected chi connectivity index (χ1v) is 11.4. The summed E-state index contributed by atoms with van der Waals surface area (Å²) >= 11 is 0. The van der Waals surface area contributed by atoms with Crippen LogP contribution in [0.1, 0.15) is 24.8 Å². The van der Waals surface area contributed by atoms with E-state index >= 15 is 0 Å². The Hall–Kier alpha value is -3.03. The van der Waals surface area contributed by atoms with Crippen molar-refractivity contribution in [3.8, 4) is 5.75 Å². The first-order chi connectivity index (χ1) is 15.6. The number of nitrogens with one attached hydrogen (secondary N) is 2. The van der Waals surface area contributed by atoms with Crippen LogP contribution in [0.2, 0.25) is 0 Å². The van der Waals surface area contributed by atoms with Crippen LogP contribution >= 0.6 is 0 Å². The van der Waals surface area contributed by atoms with Crippen molar-refractivity contribution in [1.82, 2.24) is 15.2 Å². The third-order valence-corrected chi connectivity index (χ3v) is 6.48. The molecule has 7 nitrogen and oxygen atoms in total. The smallest absolute Gasteiger partial charge is 0.264 e. The van der Waals surface area contributed by atoms with Crippen molar-refractivity contribution in [2.45, 2.75) is 25.4 Å². The average molecular weight is 436 g/mol. The largest absolute Gasteiger partial charge is 0.480 e. The second-order valence-corrected chi connectivity index (χ2v) is 8.50. The monoisotopic (exact) mass is 435 g/mol. The van der Waals surface area contributed by atoms with Crippen LogP contribution in [0.4, 0.5) is 5.69 Å². The highest BCUT2D eigenvalue weighted by atomic mass is 16.5. The quantitative estimate of drug-likeness (QED) is 0.407. The van der Waals surface area contributed by atoms with Gasteiger partial charge in [0.15, 0.2) is 6.10 Å². The van der Waals surface area contributed by atoms with Crippen LogP contribution in [0.15, 0.2) is 54.7 Å². The van der Waals surface area contributed by atoms with Gasteiger partial charge < -0.3 is 31.4 Å². The maximum Gasteiger partial charge on any atom is 0.264 e. The number of rotatable bonds is 8. The van der Waals surface area contributed by atoms with Gasteiger partial charge in [-0.1, -0.05) is 25.1 Å². The van der Waals surface area contributed by atoms with Crippen LogP contribution in [0, 0.1) is 5.92 Å². The van der Waals surface area contributed by atoms with Crippen LogP contribution in [-0.4, -0.2) is 54.6 Å². The second kappa shape index (κ2) is 10.1. The summed E-state index contributed by atoms with van der Waals surface area (Å²) in [5.74, 6) is 0.586. The molecule has 1 aliphatic rings. The van der Waals surface area contributed by atoms with Crippen LogP contribution in [0.5, 0.6) is 5.75 Å². The highest BCUT2D eigenvalue weighted by Crippen LogP contribution is 2.35. The second-order valence-electron chi connectivity index (χ2n) is 8.50. The van der Waals surface area contributed by atoms with E-state index in [1.54, 1.807) is 0 Å². The minimum atomic E-state index is -0.650. The van der Waals surface area contributed by atoms with Crippen molar-refractivity contribution in [2.24, 2.45) is 11.7 Å². The number of H-pyrrole nitrogens is 1. The van der Waals surface area contributed by atoms with Crippen LogP contribution < -0.4 is 21.5 Å². The molecule has 1 aliphatic heterocycles. The summed E-state index contributed by atoms with van der Waals surface area (Å²) in [7, 11) is 0. The van der Waals surface area contributed by atoms with Crippen molar-refractivity contribution in [1.29, 1.82) is 0 Å². The van der Waals surface area contributed by atoms with Crippen molar-refractivity contribution in [2.75, 3.05) is 38.5 Å². The molecule has 1 saturated heterocycles. The molecule has 1 fully saturated rings. The van der Waals surface area contributed by atoms with Gasteiger partial charge in [-0.05, 0) is 54.8 Å². The van der Waals surface area contributed by atoms with Gasteiger partial charge in [0, 0.05) is 54.9 Å². The van der Waals surface area contributed by atoms with E-state index in [1.807, 2.05) is 59.6 Å². The molecule has 0 radical (unpaired) electrons. The molecule has 7 heteroatoms. The molecule has 0 aliphatic carbocycles. The Bertz CT molecular complexity index is 1040. The lowest BCUT2D eigenvalue weighted by Gasteiger charge is -2.36. The van der Waals surface area contributed by atoms with E-state index in [1.165, 1.54) is 0 Å². The Balaban J connectivity index is 1.69. The Morgan fingerprint density at radius 2 is 1.94 bits per heavy atom. The number of para-hydroxylation sites is 1. The molecule has 4 rings (SSSR count). The Morgan fingerprint density at radius 3 is 2.69 bits per heavy atom. The van der Waals surface area contributed by atoms with Gasteiger partial charge in [0.25, 0.3) is 5.91 Å². The fourth-order valence-electron chi connectivity index (χ4n) is 4.65. The summed E-state index contributed by atoms with van der Waals surface area (Å²) < 4.78 is 6.48. The zero-order valence-electron chi connectivity index (χ0n) is 18.6. The normalized spacial score (nSPS) is 17.1. The van der Waals surface area contributed by atoms with E-state index in [-0.39, 0.29) is 17.7 Å². The van der Waals surface area contributed by atoms with Gasteiger partial charge in [-0.3, -0.25) is 4.79 Å². The third kappa shape index (κ3) is 4.74. The van der Waals surface area contributed by atoms with Gasteiger partial charge in [0.05, 0.1) is 0 Å². The molecule has 3 atom stereocenters. The molecule has 2 heterocycles. The van der Waals surface area contributed by atoms with Crippen molar-refractivity contribution in [3.05, 3.63) is 60.3 Å². The van der Waals surface area contributed by atoms with Crippen LogP contribution in [-0.2, 0) is 4.79 Å². The molecular formula is C25H33N5O2. The summed E-state index contributed by atoms with van der Waals surface area (Å²) in [5.41, 5.74) is 15.1. The molecule has 0 spiro atoms. The number of nitrogen functional groups attached to an aromatic ring is 1. The number of hydrogen-bond acceptors (Lipinski definition) is 5. The van der Waals surface area contributed by atoms with Gasteiger partial charge >= 0.3 is 0 Å². The van der Waals surface area contributed by atoms with Gasteiger partial charge in [-0.25, -0.2) is 0 Å². The highest BCUT2D eigenvalue weighted by molar-refractivity contribution is 5.83. The number of aromatic nitrogens is 1. The van der Waals surface area contributed by atoms with Gasteiger partial charge in [0.1, 0.15) is 5.75 Å². The maximum absolute atomic E-state index is 13.7. The zero-order chi connectivity index (χ0) is 22.5. The molecule has 6 N–H and O–H groups in total. The summed E-state index contributed by atoms with van der Waals surface area (Å²) in [6.07, 6.45) is 1.90. The van der Waals surface area contributed by atoms with Crippen LogP contribution in [0.25, 0.3) is 10.9 Å². The van der Waals surface area contributed by atoms with E-state index in [9.17, 15) is 4.79 Å². The first kappa shape index (κ1) is 22.2. The van der Waals surface area contributed by atoms with E-state index in [0.29, 0.717) is 31.8 Å². The lowest BCUT2D eigenvalue weighted by molar-refractivity contribution is -0.142. The SMILES string of the molecule is CC(c1ccccc1N)C(CCN)C(Oc1ccc2[nH]ccc2c1)C(=O)N1CCNCC1. The van der Waals surface area contributed by atoms with E-state index in [2.05, 4.69) is 17.2 Å². The molecule has 1 amide bonds. The van der Waals surface area contributed by atoms with Crippen molar-refractivity contribution >= 4 is 22.5 Å². The summed E-state index contributed by atoms with van der Waals surface area (Å²) in [6.45, 7) is 5.50. The Kier molecular flexibility index (Phi) is 6.97. The molecule has 3 unspecified atom stereocenters. The summed E-state index contributed by atoms with van der Waals surface area (Å²) in [6, 6.07) is 15.7. The topological polar surface area (TPSA) is 109 Å². The average Bonchev–Trinajstić information content (AvgIpc) is 3.29. The summed E-state index contributed by atoms with van der Waals surface area (Å²) in [4.78, 5) is 18.8. The molecule has 3 aromatic rings. The number of nitrogens with zero attached hydrogens (tertiary/aromatic N) is 1. The molecule has 2 aromatic carbocycles. The number of aromatic amines is 1. The number of carbonyl (C=O) groups is 1. The predicted molar refractivity (Wildman–Crippen MR) is 129 cm³/mol.